The fourth-order valence-corrected chi connectivity index (χ4v) is 3.88. The predicted octanol–water partition coefficient (Wildman–Crippen LogP) is 2.69. The van der Waals surface area contributed by atoms with Crippen LogP contribution >= 0.6 is 0 Å². The summed E-state index contributed by atoms with van der Waals surface area (Å²) in [5, 5.41) is 8.67. The van der Waals surface area contributed by atoms with Crippen LogP contribution in [0.5, 0.6) is 0 Å². The second kappa shape index (κ2) is 6.41. The summed E-state index contributed by atoms with van der Waals surface area (Å²) in [5.74, 6) is -0.224. The van der Waals surface area contributed by atoms with E-state index in [9.17, 15) is 18.0 Å². The first-order chi connectivity index (χ1) is 12.9. The SMILES string of the molecule is O=C(NO)c1ccc(N2CC3CC2CN3c2cc(C(F)(F)F)ccn2)cc1. The molecule has 1 amide bonds. The lowest BCUT2D eigenvalue weighted by Gasteiger charge is -2.36. The van der Waals surface area contributed by atoms with Crippen LogP contribution in [0.3, 0.4) is 0 Å². The van der Waals surface area contributed by atoms with E-state index in [2.05, 4.69) is 9.88 Å². The molecular formula is C18H17F3N4O2. The number of fused-ring (bicyclic) bond motifs is 2. The Morgan fingerprint density at radius 3 is 2.37 bits per heavy atom. The molecule has 3 heterocycles. The van der Waals surface area contributed by atoms with Crippen LogP contribution in [0.4, 0.5) is 24.7 Å². The minimum atomic E-state index is -4.38. The van der Waals surface area contributed by atoms with E-state index in [0.29, 0.717) is 24.5 Å². The molecule has 0 saturated carbocycles. The number of alkyl halides is 3. The highest BCUT2D eigenvalue weighted by molar-refractivity contribution is 5.93. The number of aromatic nitrogens is 1. The molecule has 2 aliphatic rings. The number of hydrogen-bond acceptors (Lipinski definition) is 5. The molecule has 2 N–H and O–H groups in total. The van der Waals surface area contributed by atoms with Crippen molar-refractivity contribution < 1.29 is 23.2 Å². The van der Waals surface area contributed by atoms with E-state index in [1.165, 1.54) is 6.20 Å². The minimum absolute atomic E-state index is 0.0893. The van der Waals surface area contributed by atoms with Crippen LogP contribution in [0.15, 0.2) is 42.6 Å². The van der Waals surface area contributed by atoms with E-state index >= 15 is 0 Å². The molecule has 2 aromatic rings. The first-order valence-electron chi connectivity index (χ1n) is 8.48. The van der Waals surface area contributed by atoms with Gasteiger partial charge in [0, 0.05) is 36.6 Å². The lowest BCUT2D eigenvalue weighted by molar-refractivity contribution is -0.137. The van der Waals surface area contributed by atoms with Crippen LogP contribution < -0.4 is 15.3 Å². The molecule has 2 fully saturated rings. The van der Waals surface area contributed by atoms with Crippen LogP contribution in [0, 0.1) is 0 Å². The van der Waals surface area contributed by atoms with Gasteiger partial charge in [-0.15, -0.1) is 0 Å². The van der Waals surface area contributed by atoms with Crippen LogP contribution in [-0.4, -0.2) is 41.3 Å². The van der Waals surface area contributed by atoms with Crippen molar-refractivity contribution in [3.05, 3.63) is 53.7 Å². The van der Waals surface area contributed by atoms with Gasteiger partial charge in [-0.2, -0.15) is 13.2 Å². The number of carbonyl (C=O) groups is 1. The standard InChI is InChI=1S/C18H17F3N4O2/c19-18(20,21)12-5-6-22-16(7-12)25-10-14-8-15(25)9-24(14)13-3-1-11(2-4-13)17(26)23-27/h1-7,14-15,27H,8-10H2,(H,23,26). The molecule has 2 unspecified atom stereocenters. The van der Waals surface area contributed by atoms with Crippen molar-refractivity contribution in [2.45, 2.75) is 24.7 Å². The van der Waals surface area contributed by atoms with Crippen molar-refractivity contribution in [2.24, 2.45) is 0 Å². The summed E-state index contributed by atoms with van der Waals surface area (Å²) in [6.45, 7) is 1.27. The molecule has 2 aliphatic heterocycles. The maximum atomic E-state index is 12.9. The number of halogens is 3. The fourth-order valence-electron chi connectivity index (χ4n) is 3.88. The molecular weight excluding hydrogens is 361 g/mol. The number of benzene rings is 1. The summed E-state index contributed by atoms with van der Waals surface area (Å²) in [5.41, 5.74) is 2.19. The lowest BCUT2D eigenvalue weighted by atomic mass is 10.1. The fraction of sp³-hybridized carbons (Fsp3) is 0.333. The number of nitrogens with one attached hydrogen (secondary N) is 1. The van der Waals surface area contributed by atoms with Crippen molar-refractivity contribution in [1.29, 1.82) is 0 Å². The Balaban J connectivity index is 1.49. The van der Waals surface area contributed by atoms with Gasteiger partial charge < -0.3 is 9.80 Å². The molecule has 142 valence electrons. The zero-order valence-corrected chi connectivity index (χ0v) is 14.1. The number of pyridine rings is 1. The molecule has 1 aromatic heterocycles. The zero-order valence-electron chi connectivity index (χ0n) is 14.1. The van der Waals surface area contributed by atoms with E-state index in [1.807, 2.05) is 4.90 Å². The van der Waals surface area contributed by atoms with Crippen molar-refractivity contribution in [3.63, 3.8) is 0 Å². The third-order valence-electron chi connectivity index (χ3n) is 5.17. The molecule has 27 heavy (non-hydrogen) atoms. The van der Waals surface area contributed by atoms with Crippen molar-refractivity contribution >= 4 is 17.4 Å². The first kappa shape index (κ1) is 17.6. The number of hydrogen-bond donors (Lipinski definition) is 2. The Kier molecular flexibility index (Phi) is 4.18. The highest BCUT2D eigenvalue weighted by Gasteiger charge is 2.44. The molecule has 0 spiro atoms. The van der Waals surface area contributed by atoms with Gasteiger partial charge in [0.1, 0.15) is 5.82 Å². The van der Waals surface area contributed by atoms with E-state index in [0.717, 1.165) is 24.2 Å². The summed E-state index contributed by atoms with van der Waals surface area (Å²) < 4.78 is 38.8. The number of amides is 1. The Hall–Kier alpha value is -2.81. The maximum absolute atomic E-state index is 12.9. The summed E-state index contributed by atoms with van der Waals surface area (Å²) in [6.07, 6.45) is -2.34. The third-order valence-corrected chi connectivity index (χ3v) is 5.17. The molecule has 2 bridgehead atoms. The van der Waals surface area contributed by atoms with Gasteiger partial charge in [0.2, 0.25) is 0 Å². The second-order valence-electron chi connectivity index (χ2n) is 6.74. The number of nitrogens with zero attached hydrogens (tertiary/aromatic N) is 3. The largest absolute Gasteiger partial charge is 0.416 e. The Morgan fingerprint density at radius 1 is 1.11 bits per heavy atom. The van der Waals surface area contributed by atoms with E-state index in [4.69, 9.17) is 5.21 Å². The average molecular weight is 378 g/mol. The average Bonchev–Trinajstić information content (AvgIpc) is 3.28. The highest BCUT2D eigenvalue weighted by Crippen LogP contribution is 2.38. The molecule has 9 heteroatoms. The maximum Gasteiger partial charge on any atom is 0.416 e. The third kappa shape index (κ3) is 3.18. The van der Waals surface area contributed by atoms with Gasteiger partial charge >= 0.3 is 6.18 Å². The number of piperazine rings is 1. The lowest BCUT2D eigenvalue weighted by Crippen LogP contribution is -2.47. The van der Waals surface area contributed by atoms with Crippen molar-refractivity contribution in [2.75, 3.05) is 22.9 Å². The monoisotopic (exact) mass is 378 g/mol. The van der Waals surface area contributed by atoms with E-state index in [-0.39, 0.29) is 12.1 Å². The van der Waals surface area contributed by atoms with Gasteiger partial charge in [-0.05, 0) is 42.8 Å². The second-order valence-corrected chi connectivity index (χ2v) is 6.74. The van der Waals surface area contributed by atoms with Gasteiger partial charge in [-0.1, -0.05) is 0 Å². The van der Waals surface area contributed by atoms with Gasteiger partial charge in [0.15, 0.2) is 0 Å². The zero-order chi connectivity index (χ0) is 19.2. The van der Waals surface area contributed by atoms with Crippen LogP contribution in [0.25, 0.3) is 0 Å². The molecule has 2 atom stereocenters. The van der Waals surface area contributed by atoms with Crippen LogP contribution in [0.2, 0.25) is 0 Å². The summed E-state index contributed by atoms with van der Waals surface area (Å²) in [4.78, 5) is 19.7. The van der Waals surface area contributed by atoms with Gasteiger partial charge in [-0.25, -0.2) is 10.5 Å². The molecule has 6 nitrogen and oxygen atoms in total. The Bertz CT molecular complexity index is 856. The van der Waals surface area contributed by atoms with Gasteiger partial charge in [0.05, 0.1) is 11.6 Å². The molecule has 4 rings (SSSR count). The quantitative estimate of drug-likeness (QED) is 0.635. The summed E-state index contributed by atoms with van der Waals surface area (Å²) >= 11 is 0. The van der Waals surface area contributed by atoms with Gasteiger partial charge in [0.25, 0.3) is 5.91 Å². The van der Waals surface area contributed by atoms with Crippen molar-refractivity contribution in [3.8, 4) is 0 Å². The van der Waals surface area contributed by atoms with Crippen LogP contribution in [0.1, 0.15) is 22.3 Å². The van der Waals surface area contributed by atoms with Crippen molar-refractivity contribution in [1.82, 2.24) is 10.5 Å². The molecule has 2 saturated heterocycles. The summed E-state index contributed by atoms with van der Waals surface area (Å²) in [7, 11) is 0. The van der Waals surface area contributed by atoms with E-state index in [1.54, 1.807) is 29.7 Å². The normalized spacial score (nSPS) is 21.6. The minimum Gasteiger partial charge on any atom is -0.365 e. The molecule has 0 aliphatic carbocycles. The topological polar surface area (TPSA) is 68.7 Å². The van der Waals surface area contributed by atoms with E-state index < -0.39 is 17.6 Å². The molecule has 0 radical (unpaired) electrons. The highest BCUT2D eigenvalue weighted by atomic mass is 19.4. The first-order valence-corrected chi connectivity index (χ1v) is 8.48. The Morgan fingerprint density at radius 2 is 1.78 bits per heavy atom. The number of carbonyl (C=O) groups excluding carboxylic acids is 1. The number of hydroxylamine groups is 1. The van der Waals surface area contributed by atoms with Crippen LogP contribution in [-0.2, 0) is 6.18 Å². The van der Waals surface area contributed by atoms with Gasteiger partial charge in [-0.3, -0.25) is 10.0 Å². The smallest absolute Gasteiger partial charge is 0.365 e. The predicted molar refractivity (Wildman–Crippen MR) is 91.8 cm³/mol. The molecule has 1 aromatic carbocycles. The summed E-state index contributed by atoms with van der Waals surface area (Å²) in [6, 6.07) is 9.20. The number of anilines is 2. The Labute approximate surface area is 153 Å². The number of rotatable bonds is 3.